The van der Waals surface area contributed by atoms with Crippen molar-refractivity contribution in [2.24, 2.45) is 5.92 Å². The summed E-state index contributed by atoms with van der Waals surface area (Å²) in [5.41, 5.74) is 2.44. The van der Waals surface area contributed by atoms with E-state index in [-0.39, 0.29) is 11.8 Å². The van der Waals surface area contributed by atoms with Crippen LogP contribution in [0, 0.1) is 5.92 Å². The van der Waals surface area contributed by atoms with E-state index in [9.17, 15) is 9.59 Å². The van der Waals surface area contributed by atoms with Gasteiger partial charge in [0.1, 0.15) is 11.8 Å². The number of benzene rings is 2. The van der Waals surface area contributed by atoms with E-state index in [2.05, 4.69) is 20.9 Å². The second-order valence-corrected chi connectivity index (χ2v) is 8.96. The fourth-order valence-corrected chi connectivity index (χ4v) is 4.71. The lowest BCUT2D eigenvalue weighted by atomic mass is 9.84. The van der Waals surface area contributed by atoms with Gasteiger partial charge in [0.15, 0.2) is 0 Å². The average Bonchev–Trinajstić information content (AvgIpc) is 3.31. The van der Waals surface area contributed by atoms with Gasteiger partial charge in [0.2, 0.25) is 5.91 Å². The molecular weight excluding hydrogens is 428 g/mol. The summed E-state index contributed by atoms with van der Waals surface area (Å²) in [5, 5.41) is 10.2. The van der Waals surface area contributed by atoms with Crippen LogP contribution in [0.1, 0.15) is 48.9 Å². The first-order valence-corrected chi connectivity index (χ1v) is 12.2. The van der Waals surface area contributed by atoms with Crippen LogP contribution in [0.15, 0.2) is 54.7 Å². The number of aromatic nitrogens is 1. The summed E-state index contributed by atoms with van der Waals surface area (Å²) < 4.78 is 5.18. The summed E-state index contributed by atoms with van der Waals surface area (Å²) in [5.74, 6) is 0.917. The van der Waals surface area contributed by atoms with Gasteiger partial charge in [0.25, 0.3) is 5.91 Å². The van der Waals surface area contributed by atoms with E-state index >= 15 is 0 Å². The number of hydrogen-bond acceptors (Lipinski definition) is 4. The topological polar surface area (TPSA) is 95.2 Å². The van der Waals surface area contributed by atoms with E-state index in [4.69, 9.17) is 4.74 Å². The molecule has 1 fully saturated rings. The van der Waals surface area contributed by atoms with Crippen molar-refractivity contribution in [2.45, 2.75) is 44.6 Å². The van der Waals surface area contributed by atoms with Crippen molar-refractivity contribution < 1.29 is 14.3 Å². The van der Waals surface area contributed by atoms with E-state index < -0.39 is 6.04 Å². The molecule has 4 N–H and O–H groups in total. The van der Waals surface area contributed by atoms with Gasteiger partial charge in [-0.05, 0) is 42.7 Å². The summed E-state index contributed by atoms with van der Waals surface area (Å²) in [4.78, 5) is 29.4. The summed E-state index contributed by atoms with van der Waals surface area (Å²) in [6.07, 6.45) is 8.27. The molecule has 0 saturated heterocycles. The van der Waals surface area contributed by atoms with Crippen LogP contribution in [-0.4, -0.2) is 43.0 Å². The highest BCUT2D eigenvalue weighted by molar-refractivity contribution is 6.07. The molecule has 0 aliphatic heterocycles. The number of aromatic amines is 1. The van der Waals surface area contributed by atoms with Gasteiger partial charge in [-0.25, -0.2) is 0 Å². The van der Waals surface area contributed by atoms with Gasteiger partial charge in [-0.15, -0.1) is 0 Å². The third-order valence-electron chi connectivity index (χ3n) is 6.59. The van der Waals surface area contributed by atoms with Gasteiger partial charge >= 0.3 is 0 Å². The van der Waals surface area contributed by atoms with Crippen molar-refractivity contribution in [1.82, 2.24) is 15.6 Å². The second-order valence-electron chi connectivity index (χ2n) is 8.96. The van der Waals surface area contributed by atoms with Crippen molar-refractivity contribution in [2.75, 3.05) is 25.5 Å². The number of amides is 2. The Morgan fingerprint density at radius 2 is 1.79 bits per heavy atom. The molecule has 1 saturated carbocycles. The maximum atomic E-state index is 13.1. The molecule has 180 valence electrons. The zero-order chi connectivity index (χ0) is 23.8. The number of carbonyl (C=O) groups excluding carboxylic acids is 2. The number of carbonyl (C=O) groups is 2. The minimum absolute atomic E-state index is 0.129. The highest BCUT2D eigenvalue weighted by Gasteiger charge is 2.26. The molecule has 2 amide bonds. The lowest BCUT2D eigenvalue weighted by Crippen LogP contribution is -2.48. The lowest BCUT2D eigenvalue weighted by Gasteiger charge is -2.26. The molecule has 4 rings (SSSR count). The lowest BCUT2D eigenvalue weighted by molar-refractivity contribution is -0.123. The first-order valence-electron chi connectivity index (χ1n) is 12.2. The summed E-state index contributed by atoms with van der Waals surface area (Å²) in [6.45, 7) is 1.06. The summed E-state index contributed by atoms with van der Waals surface area (Å²) in [7, 11) is 1.64. The summed E-state index contributed by atoms with van der Waals surface area (Å²) >= 11 is 0. The number of fused-ring (bicyclic) bond motifs is 1. The Labute approximate surface area is 200 Å². The van der Waals surface area contributed by atoms with Crippen LogP contribution in [0.3, 0.4) is 0 Å². The Bertz CT molecular complexity index is 1090. The molecule has 0 unspecified atom stereocenters. The van der Waals surface area contributed by atoms with Gasteiger partial charge in [0, 0.05) is 35.9 Å². The zero-order valence-electron chi connectivity index (χ0n) is 19.7. The van der Waals surface area contributed by atoms with Crippen molar-refractivity contribution in [3.8, 4) is 5.75 Å². The molecule has 2 aromatic carbocycles. The Kier molecular flexibility index (Phi) is 8.07. The molecule has 1 atom stereocenters. The van der Waals surface area contributed by atoms with Crippen molar-refractivity contribution in [3.63, 3.8) is 0 Å². The predicted molar refractivity (Wildman–Crippen MR) is 135 cm³/mol. The number of hydrogen-bond donors (Lipinski definition) is 4. The standard InChI is InChI=1S/C27H34N4O3/c1-34-21-13-11-20(12-14-21)28-15-16-29-27(33)25(17-19-7-3-2-4-8-19)31-26(32)23-18-30-24-10-6-5-9-22(23)24/h5-6,9-14,18-19,25,28,30H,2-4,7-8,15-17H2,1H3,(H,29,33)(H,31,32)/t25-/m0/s1. The highest BCUT2D eigenvalue weighted by atomic mass is 16.5. The Hall–Kier alpha value is -3.48. The summed E-state index contributed by atoms with van der Waals surface area (Å²) in [6, 6.07) is 14.8. The van der Waals surface area contributed by atoms with E-state index in [0.717, 1.165) is 35.2 Å². The smallest absolute Gasteiger partial charge is 0.254 e. The van der Waals surface area contributed by atoms with Gasteiger partial charge in [-0.3, -0.25) is 9.59 Å². The van der Waals surface area contributed by atoms with Gasteiger partial charge < -0.3 is 25.7 Å². The molecule has 0 bridgehead atoms. The van der Waals surface area contributed by atoms with Crippen LogP contribution in [-0.2, 0) is 4.79 Å². The van der Waals surface area contributed by atoms with Gasteiger partial charge in [0.05, 0.1) is 12.7 Å². The minimum Gasteiger partial charge on any atom is -0.497 e. The van der Waals surface area contributed by atoms with E-state index in [0.29, 0.717) is 31.0 Å². The molecule has 1 aliphatic carbocycles. The molecule has 34 heavy (non-hydrogen) atoms. The fourth-order valence-electron chi connectivity index (χ4n) is 4.71. The highest BCUT2D eigenvalue weighted by Crippen LogP contribution is 2.28. The third kappa shape index (κ3) is 6.10. The van der Waals surface area contributed by atoms with Gasteiger partial charge in [-0.1, -0.05) is 50.3 Å². The number of para-hydroxylation sites is 1. The van der Waals surface area contributed by atoms with Crippen LogP contribution >= 0.6 is 0 Å². The van der Waals surface area contributed by atoms with Crippen LogP contribution in [0.25, 0.3) is 10.9 Å². The van der Waals surface area contributed by atoms with Crippen molar-refractivity contribution >= 4 is 28.4 Å². The number of nitrogens with one attached hydrogen (secondary N) is 4. The zero-order valence-corrected chi connectivity index (χ0v) is 19.7. The first kappa shape index (κ1) is 23.7. The maximum Gasteiger partial charge on any atom is 0.254 e. The molecule has 1 aromatic heterocycles. The molecule has 7 nitrogen and oxygen atoms in total. The monoisotopic (exact) mass is 462 g/mol. The van der Waals surface area contributed by atoms with Crippen LogP contribution in [0.2, 0.25) is 0 Å². The van der Waals surface area contributed by atoms with Crippen LogP contribution < -0.4 is 20.7 Å². The van der Waals surface area contributed by atoms with E-state index in [1.165, 1.54) is 19.3 Å². The van der Waals surface area contributed by atoms with Crippen molar-refractivity contribution in [3.05, 3.63) is 60.3 Å². The number of H-pyrrole nitrogens is 1. The molecule has 1 aliphatic rings. The van der Waals surface area contributed by atoms with Crippen LogP contribution in [0.5, 0.6) is 5.75 Å². The maximum absolute atomic E-state index is 13.1. The molecule has 0 spiro atoms. The molecular formula is C27H34N4O3. The Morgan fingerprint density at radius 3 is 2.56 bits per heavy atom. The largest absolute Gasteiger partial charge is 0.497 e. The van der Waals surface area contributed by atoms with Gasteiger partial charge in [-0.2, -0.15) is 0 Å². The third-order valence-corrected chi connectivity index (χ3v) is 6.59. The average molecular weight is 463 g/mol. The van der Waals surface area contributed by atoms with Crippen LogP contribution in [0.4, 0.5) is 5.69 Å². The quantitative estimate of drug-likeness (QED) is 0.334. The Morgan fingerprint density at radius 1 is 1.03 bits per heavy atom. The number of anilines is 1. The number of rotatable bonds is 10. The normalized spacial score (nSPS) is 15.0. The molecule has 1 heterocycles. The fraction of sp³-hybridized carbons (Fsp3) is 0.407. The second kappa shape index (κ2) is 11.6. The molecule has 0 radical (unpaired) electrons. The van der Waals surface area contributed by atoms with Crippen molar-refractivity contribution in [1.29, 1.82) is 0 Å². The molecule has 3 aromatic rings. The molecule has 7 heteroatoms. The number of ether oxygens (including phenoxy) is 1. The predicted octanol–water partition coefficient (Wildman–Crippen LogP) is 4.47. The van der Waals surface area contributed by atoms with E-state index in [1.54, 1.807) is 13.3 Å². The first-order chi connectivity index (χ1) is 16.6. The Balaban J connectivity index is 1.35. The van der Waals surface area contributed by atoms with E-state index in [1.807, 2.05) is 48.5 Å². The number of methoxy groups -OCH3 is 1. The SMILES string of the molecule is COc1ccc(NCCNC(=O)[C@H](CC2CCCCC2)NC(=O)c2c[nH]c3ccccc23)cc1. The minimum atomic E-state index is -0.551.